The zero-order chi connectivity index (χ0) is 17.6. The van der Waals surface area contributed by atoms with E-state index in [9.17, 15) is 9.59 Å². The normalized spacial score (nSPS) is 14.1. The lowest BCUT2D eigenvalue weighted by Gasteiger charge is -2.19. The van der Waals surface area contributed by atoms with E-state index >= 15 is 0 Å². The van der Waals surface area contributed by atoms with Crippen molar-refractivity contribution in [3.8, 4) is 0 Å². The van der Waals surface area contributed by atoms with E-state index < -0.39 is 0 Å². The van der Waals surface area contributed by atoms with Gasteiger partial charge in [0.05, 0.1) is 17.6 Å². The predicted octanol–water partition coefficient (Wildman–Crippen LogP) is 2.87. The van der Waals surface area contributed by atoms with Crippen molar-refractivity contribution in [2.45, 2.75) is 32.2 Å². The van der Waals surface area contributed by atoms with Gasteiger partial charge in [0.25, 0.3) is 5.91 Å². The van der Waals surface area contributed by atoms with Crippen molar-refractivity contribution in [1.82, 2.24) is 14.9 Å². The van der Waals surface area contributed by atoms with Gasteiger partial charge in [-0.2, -0.15) is 0 Å². The number of hydrogen-bond acceptors (Lipinski definition) is 3. The van der Waals surface area contributed by atoms with Crippen LogP contribution in [-0.2, 0) is 11.3 Å². The maximum absolute atomic E-state index is 12.5. The monoisotopic (exact) mass is 360 g/mol. The zero-order valence-corrected chi connectivity index (χ0v) is 14.7. The van der Waals surface area contributed by atoms with Gasteiger partial charge in [0.2, 0.25) is 5.91 Å². The van der Waals surface area contributed by atoms with Crippen LogP contribution in [0.25, 0.3) is 0 Å². The summed E-state index contributed by atoms with van der Waals surface area (Å²) in [6, 6.07) is 5.06. The predicted molar refractivity (Wildman–Crippen MR) is 96.8 cm³/mol. The summed E-state index contributed by atoms with van der Waals surface area (Å²) in [4.78, 5) is 30.2. The Balaban J connectivity index is 1.57. The third-order valence-corrected chi connectivity index (χ3v) is 4.49. The molecule has 3 rings (SSSR count). The van der Waals surface area contributed by atoms with Crippen LogP contribution in [0.15, 0.2) is 36.9 Å². The van der Waals surface area contributed by atoms with Gasteiger partial charge in [0, 0.05) is 43.5 Å². The van der Waals surface area contributed by atoms with Crippen LogP contribution in [0.4, 0.5) is 5.69 Å². The summed E-state index contributed by atoms with van der Waals surface area (Å²) in [5.74, 6) is -0.134. The van der Waals surface area contributed by atoms with Crippen molar-refractivity contribution in [2.75, 3.05) is 18.0 Å². The van der Waals surface area contributed by atoms with E-state index in [0.717, 1.165) is 25.8 Å². The second kappa shape index (κ2) is 8.16. The lowest BCUT2D eigenvalue weighted by Crippen LogP contribution is -2.30. The SMILES string of the molecule is O=C(NCCCCn1ccnc1)c1ccc(Cl)cc1N1CCCC1=O. The number of anilines is 1. The number of unbranched alkanes of at least 4 members (excludes halogenated alkanes) is 1. The molecule has 1 aromatic carbocycles. The van der Waals surface area contributed by atoms with Crippen LogP contribution in [-0.4, -0.2) is 34.5 Å². The van der Waals surface area contributed by atoms with Gasteiger partial charge < -0.3 is 14.8 Å². The third kappa shape index (κ3) is 4.39. The van der Waals surface area contributed by atoms with Crippen LogP contribution in [0.2, 0.25) is 5.02 Å². The van der Waals surface area contributed by atoms with E-state index in [1.54, 1.807) is 35.6 Å². The molecule has 0 atom stereocenters. The van der Waals surface area contributed by atoms with Crippen molar-refractivity contribution < 1.29 is 9.59 Å². The summed E-state index contributed by atoms with van der Waals surface area (Å²) in [6.07, 6.45) is 8.60. The number of carbonyl (C=O) groups excluding carboxylic acids is 2. The highest BCUT2D eigenvalue weighted by molar-refractivity contribution is 6.31. The molecule has 0 saturated carbocycles. The van der Waals surface area contributed by atoms with Gasteiger partial charge in [0.15, 0.2) is 0 Å². The molecule has 132 valence electrons. The number of carbonyl (C=O) groups is 2. The molecule has 6 nitrogen and oxygen atoms in total. The Kier molecular flexibility index (Phi) is 5.71. The molecule has 1 aromatic heterocycles. The Morgan fingerprint density at radius 3 is 2.92 bits per heavy atom. The van der Waals surface area contributed by atoms with Crippen molar-refractivity contribution in [2.24, 2.45) is 0 Å². The number of benzene rings is 1. The van der Waals surface area contributed by atoms with Crippen molar-refractivity contribution in [3.63, 3.8) is 0 Å². The molecule has 0 bridgehead atoms. The number of nitrogens with one attached hydrogen (secondary N) is 1. The van der Waals surface area contributed by atoms with E-state index in [0.29, 0.717) is 35.8 Å². The summed E-state index contributed by atoms with van der Waals surface area (Å²) >= 11 is 6.06. The number of nitrogens with zero attached hydrogens (tertiary/aromatic N) is 3. The van der Waals surface area contributed by atoms with Crippen molar-refractivity contribution in [1.29, 1.82) is 0 Å². The lowest BCUT2D eigenvalue weighted by molar-refractivity contribution is -0.117. The van der Waals surface area contributed by atoms with Crippen LogP contribution in [0.1, 0.15) is 36.0 Å². The number of imidazole rings is 1. The Bertz CT molecular complexity index is 746. The third-order valence-electron chi connectivity index (χ3n) is 4.26. The van der Waals surface area contributed by atoms with E-state index in [4.69, 9.17) is 11.6 Å². The first-order valence-corrected chi connectivity index (χ1v) is 8.87. The van der Waals surface area contributed by atoms with Crippen LogP contribution in [0, 0.1) is 0 Å². The van der Waals surface area contributed by atoms with Gasteiger partial charge in [-0.05, 0) is 37.5 Å². The summed E-state index contributed by atoms with van der Waals surface area (Å²) < 4.78 is 2.01. The molecular weight excluding hydrogens is 340 g/mol. The minimum atomic E-state index is -0.172. The highest BCUT2D eigenvalue weighted by atomic mass is 35.5. The summed E-state index contributed by atoms with van der Waals surface area (Å²) in [6.45, 7) is 2.10. The van der Waals surface area contributed by atoms with Crippen LogP contribution >= 0.6 is 11.6 Å². The number of rotatable bonds is 7. The minimum Gasteiger partial charge on any atom is -0.352 e. The summed E-state index contributed by atoms with van der Waals surface area (Å²) in [5.41, 5.74) is 1.10. The van der Waals surface area contributed by atoms with Gasteiger partial charge in [-0.1, -0.05) is 11.6 Å². The fourth-order valence-electron chi connectivity index (χ4n) is 2.96. The number of aryl methyl sites for hydroxylation is 1. The molecule has 7 heteroatoms. The van der Waals surface area contributed by atoms with Gasteiger partial charge in [-0.3, -0.25) is 9.59 Å². The van der Waals surface area contributed by atoms with Crippen molar-refractivity contribution >= 4 is 29.1 Å². The fraction of sp³-hybridized carbons (Fsp3) is 0.389. The highest BCUT2D eigenvalue weighted by Gasteiger charge is 2.26. The smallest absolute Gasteiger partial charge is 0.253 e. The van der Waals surface area contributed by atoms with E-state index in [-0.39, 0.29) is 11.8 Å². The molecular formula is C18H21ClN4O2. The van der Waals surface area contributed by atoms with Crippen LogP contribution < -0.4 is 10.2 Å². The van der Waals surface area contributed by atoms with Gasteiger partial charge in [-0.25, -0.2) is 4.98 Å². The summed E-state index contributed by atoms with van der Waals surface area (Å²) in [7, 11) is 0. The average Bonchev–Trinajstić information content (AvgIpc) is 3.25. The minimum absolute atomic E-state index is 0.0386. The molecule has 1 aliphatic heterocycles. The molecule has 2 aromatic rings. The van der Waals surface area contributed by atoms with Crippen molar-refractivity contribution in [3.05, 3.63) is 47.5 Å². The number of aromatic nitrogens is 2. The number of amides is 2. The largest absolute Gasteiger partial charge is 0.352 e. The first-order valence-electron chi connectivity index (χ1n) is 8.49. The molecule has 0 radical (unpaired) electrons. The topological polar surface area (TPSA) is 67.2 Å². The Hall–Kier alpha value is -2.34. The van der Waals surface area contributed by atoms with E-state index in [1.807, 2.05) is 10.8 Å². The van der Waals surface area contributed by atoms with E-state index in [1.165, 1.54) is 0 Å². The molecule has 2 heterocycles. The Morgan fingerprint density at radius 2 is 2.20 bits per heavy atom. The molecule has 0 spiro atoms. The van der Waals surface area contributed by atoms with Gasteiger partial charge in [0.1, 0.15) is 0 Å². The van der Waals surface area contributed by atoms with E-state index in [2.05, 4.69) is 10.3 Å². The number of halogens is 1. The maximum Gasteiger partial charge on any atom is 0.253 e. The average molecular weight is 361 g/mol. The quantitative estimate of drug-likeness (QED) is 0.772. The molecule has 1 N–H and O–H groups in total. The zero-order valence-electron chi connectivity index (χ0n) is 13.9. The number of hydrogen-bond donors (Lipinski definition) is 1. The maximum atomic E-state index is 12.5. The Morgan fingerprint density at radius 1 is 1.32 bits per heavy atom. The second-order valence-electron chi connectivity index (χ2n) is 6.07. The molecule has 1 aliphatic rings. The van der Waals surface area contributed by atoms with Gasteiger partial charge in [-0.15, -0.1) is 0 Å². The Labute approximate surface area is 151 Å². The van der Waals surface area contributed by atoms with Gasteiger partial charge >= 0.3 is 0 Å². The lowest BCUT2D eigenvalue weighted by atomic mass is 10.1. The van der Waals surface area contributed by atoms with Crippen LogP contribution in [0.5, 0.6) is 0 Å². The molecule has 2 amide bonds. The molecule has 25 heavy (non-hydrogen) atoms. The van der Waals surface area contributed by atoms with Crippen LogP contribution in [0.3, 0.4) is 0 Å². The fourth-order valence-corrected chi connectivity index (χ4v) is 3.12. The molecule has 0 aliphatic carbocycles. The first-order chi connectivity index (χ1) is 12.1. The molecule has 1 saturated heterocycles. The summed E-state index contributed by atoms with van der Waals surface area (Å²) in [5, 5.41) is 3.45. The molecule has 1 fully saturated rings. The second-order valence-corrected chi connectivity index (χ2v) is 6.51. The standard InChI is InChI=1S/C18H21ClN4O2/c19-14-5-6-15(16(12-14)23-10-3-4-17(23)24)18(25)21-7-1-2-9-22-11-8-20-13-22/h5-6,8,11-13H,1-4,7,9-10H2,(H,21,25). The highest BCUT2D eigenvalue weighted by Crippen LogP contribution is 2.28. The first kappa shape index (κ1) is 17.5. The molecule has 0 unspecified atom stereocenters.